The summed E-state index contributed by atoms with van der Waals surface area (Å²) in [6, 6.07) is 14.3. The quantitative estimate of drug-likeness (QED) is 0.807. The van der Waals surface area contributed by atoms with E-state index in [4.69, 9.17) is 9.47 Å². The number of rotatable bonds is 5. The lowest BCUT2D eigenvalue weighted by Gasteiger charge is -2.11. The third-order valence-corrected chi connectivity index (χ3v) is 3.36. The monoisotopic (exact) mass is 256 g/mol. The van der Waals surface area contributed by atoms with Gasteiger partial charge < -0.3 is 9.47 Å². The van der Waals surface area contributed by atoms with E-state index < -0.39 is 0 Å². The Morgan fingerprint density at radius 1 is 0.947 bits per heavy atom. The van der Waals surface area contributed by atoms with Crippen LogP contribution in [0.3, 0.4) is 0 Å². The molecule has 0 atom stereocenters. The zero-order valence-electron chi connectivity index (χ0n) is 11.8. The Morgan fingerprint density at radius 3 is 2.37 bits per heavy atom. The smallest absolute Gasteiger partial charge is 0.122 e. The minimum absolute atomic E-state index is 0.691. The van der Waals surface area contributed by atoms with Gasteiger partial charge in [0.05, 0.1) is 13.7 Å². The van der Waals surface area contributed by atoms with Gasteiger partial charge in [-0.3, -0.25) is 0 Å². The van der Waals surface area contributed by atoms with Crippen molar-refractivity contribution in [2.45, 2.75) is 20.3 Å². The number of benzene rings is 2. The first kappa shape index (κ1) is 13.5. The van der Waals surface area contributed by atoms with Gasteiger partial charge in [0, 0.05) is 6.42 Å². The third-order valence-electron chi connectivity index (χ3n) is 3.36. The van der Waals surface area contributed by atoms with Crippen LogP contribution in [-0.2, 0) is 6.42 Å². The van der Waals surface area contributed by atoms with Crippen LogP contribution in [0, 0.1) is 13.8 Å². The van der Waals surface area contributed by atoms with Gasteiger partial charge in [-0.25, -0.2) is 0 Å². The van der Waals surface area contributed by atoms with Gasteiger partial charge in [0.25, 0.3) is 0 Å². The van der Waals surface area contributed by atoms with E-state index in [0.29, 0.717) is 6.61 Å². The number of aryl methyl sites for hydroxylation is 1. The van der Waals surface area contributed by atoms with Gasteiger partial charge in [-0.15, -0.1) is 0 Å². The maximum Gasteiger partial charge on any atom is 0.122 e. The molecule has 0 aliphatic rings. The van der Waals surface area contributed by atoms with Crippen molar-refractivity contribution in [2.24, 2.45) is 0 Å². The molecule has 0 unspecified atom stereocenters. The molecule has 0 N–H and O–H groups in total. The minimum atomic E-state index is 0.691. The molecule has 0 aromatic heterocycles. The van der Waals surface area contributed by atoms with Crippen molar-refractivity contribution in [2.75, 3.05) is 13.7 Å². The Kier molecular flexibility index (Phi) is 4.45. The van der Waals surface area contributed by atoms with Crippen molar-refractivity contribution in [1.29, 1.82) is 0 Å². The number of ether oxygens (including phenoxy) is 2. The van der Waals surface area contributed by atoms with Crippen molar-refractivity contribution in [3.05, 3.63) is 59.2 Å². The molecule has 0 saturated heterocycles. The molecule has 100 valence electrons. The normalized spacial score (nSPS) is 10.3. The van der Waals surface area contributed by atoms with E-state index in [1.165, 1.54) is 16.7 Å². The maximum absolute atomic E-state index is 5.85. The number of methoxy groups -OCH3 is 1. The maximum atomic E-state index is 5.85. The molecule has 0 bridgehead atoms. The van der Waals surface area contributed by atoms with Gasteiger partial charge in [0.2, 0.25) is 0 Å². The summed E-state index contributed by atoms with van der Waals surface area (Å²) in [5.41, 5.74) is 3.74. The fourth-order valence-electron chi connectivity index (χ4n) is 1.95. The van der Waals surface area contributed by atoms with Crippen LogP contribution in [0.1, 0.15) is 16.7 Å². The summed E-state index contributed by atoms with van der Waals surface area (Å²) in [6.07, 6.45) is 0.900. The molecule has 2 nitrogen and oxygen atoms in total. The molecule has 2 aromatic rings. The zero-order valence-corrected chi connectivity index (χ0v) is 11.8. The van der Waals surface area contributed by atoms with Crippen molar-refractivity contribution in [1.82, 2.24) is 0 Å². The van der Waals surface area contributed by atoms with Gasteiger partial charge in [-0.2, -0.15) is 0 Å². The second kappa shape index (κ2) is 6.28. The molecule has 2 aromatic carbocycles. The highest BCUT2D eigenvalue weighted by Crippen LogP contribution is 2.20. The highest BCUT2D eigenvalue weighted by atomic mass is 16.5. The topological polar surface area (TPSA) is 18.5 Å². The highest BCUT2D eigenvalue weighted by molar-refractivity contribution is 5.38. The van der Waals surface area contributed by atoms with E-state index in [1.54, 1.807) is 7.11 Å². The van der Waals surface area contributed by atoms with E-state index in [-0.39, 0.29) is 0 Å². The van der Waals surface area contributed by atoms with Crippen LogP contribution >= 0.6 is 0 Å². The highest BCUT2D eigenvalue weighted by Gasteiger charge is 2.02. The van der Waals surface area contributed by atoms with Crippen molar-refractivity contribution < 1.29 is 9.47 Å². The van der Waals surface area contributed by atoms with Crippen LogP contribution in [0.5, 0.6) is 11.5 Å². The van der Waals surface area contributed by atoms with Crippen LogP contribution in [0.25, 0.3) is 0 Å². The molecule has 0 saturated carbocycles. The Bertz CT molecular complexity index is 529. The van der Waals surface area contributed by atoms with Gasteiger partial charge in [0.1, 0.15) is 11.5 Å². The first-order chi connectivity index (χ1) is 9.20. The molecule has 0 aliphatic heterocycles. The number of hydrogen-bond acceptors (Lipinski definition) is 2. The van der Waals surface area contributed by atoms with Crippen molar-refractivity contribution in [3.63, 3.8) is 0 Å². The van der Waals surface area contributed by atoms with Crippen LogP contribution < -0.4 is 9.47 Å². The van der Waals surface area contributed by atoms with E-state index in [0.717, 1.165) is 17.9 Å². The predicted molar refractivity (Wildman–Crippen MR) is 78.1 cm³/mol. The van der Waals surface area contributed by atoms with Gasteiger partial charge in [-0.1, -0.05) is 24.3 Å². The first-order valence-electron chi connectivity index (χ1n) is 6.52. The Balaban J connectivity index is 1.90. The second-order valence-electron chi connectivity index (χ2n) is 4.64. The van der Waals surface area contributed by atoms with E-state index in [2.05, 4.69) is 32.0 Å². The minimum Gasteiger partial charge on any atom is -0.497 e. The summed E-state index contributed by atoms with van der Waals surface area (Å²) in [7, 11) is 1.68. The lowest BCUT2D eigenvalue weighted by molar-refractivity contribution is 0.319. The first-order valence-corrected chi connectivity index (χ1v) is 6.52. The average Bonchev–Trinajstić information content (AvgIpc) is 2.44. The lowest BCUT2D eigenvalue weighted by atomic mass is 10.1. The molecule has 0 fully saturated rings. The van der Waals surface area contributed by atoms with Crippen LogP contribution in [0.4, 0.5) is 0 Å². The molecule has 0 aliphatic carbocycles. The van der Waals surface area contributed by atoms with Crippen molar-refractivity contribution in [3.8, 4) is 11.5 Å². The van der Waals surface area contributed by atoms with Gasteiger partial charge in [-0.05, 0) is 48.7 Å². The Hall–Kier alpha value is -1.96. The van der Waals surface area contributed by atoms with Crippen LogP contribution in [0.2, 0.25) is 0 Å². The summed E-state index contributed by atoms with van der Waals surface area (Å²) in [5, 5.41) is 0. The predicted octanol–water partition coefficient (Wildman–Crippen LogP) is 3.93. The molecular weight excluding hydrogens is 236 g/mol. The van der Waals surface area contributed by atoms with E-state index in [9.17, 15) is 0 Å². The van der Waals surface area contributed by atoms with E-state index >= 15 is 0 Å². The molecule has 0 amide bonds. The molecule has 2 rings (SSSR count). The lowest BCUT2D eigenvalue weighted by Crippen LogP contribution is -2.03. The second-order valence-corrected chi connectivity index (χ2v) is 4.64. The fourth-order valence-corrected chi connectivity index (χ4v) is 1.95. The van der Waals surface area contributed by atoms with Crippen LogP contribution in [0.15, 0.2) is 42.5 Å². The third kappa shape index (κ3) is 3.50. The van der Waals surface area contributed by atoms with E-state index in [1.807, 2.05) is 24.3 Å². The SMILES string of the molecule is COc1ccc(CCOc2cccc(C)c2C)cc1. The number of hydrogen-bond donors (Lipinski definition) is 0. The van der Waals surface area contributed by atoms with Crippen LogP contribution in [-0.4, -0.2) is 13.7 Å². The summed E-state index contributed by atoms with van der Waals surface area (Å²) in [6.45, 7) is 4.89. The van der Waals surface area contributed by atoms with Gasteiger partial charge >= 0.3 is 0 Å². The summed E-state index contributed by atoms with van der Waals surface area (Å²) in [5.74, 6) is 1.87. The van der Waals surface area contributed by atoms with Crippen molar-refractivity contribution >= 4 is 0 Å². The van der Waals surface area contributed by atoms with Gasteiger partial charge in [0.15, 0.2) is 0 Å². The molecule has 2 heteroatoms. The standard InChI is InChI=1S/C17H20O2/c1-13-5-4-6-17(14(13)2)19-12-11-15-7-9-16(18-3)10-8-15/h4-10H,11-12H2,1-3H3. The Labute approximate surface area is 115 Å². The molecular formula is C17H20O2. The molecule has 19 heavy (non-hydrogen) atoms. The molecule has 0 heterocycles. The largest absolute Gasteiger partial charge is 0.497 e. The zero-order chi connectivity index (χ0) is 13.7. The molecule has 0 spiro atoms. The summed E-state index contributed by atoms with van der Waals surface area (Å²) in [4.78, 5) is 0. The summed E-state index contributed by atoms with van der Waals surface area (Å²) < 4.78 is 11.0. The Morgan fingerprint density at radius 2 is 1.68 bits per heavy atom. The average molecular weight is 256 g/mol. The summed E-state index contributed by atoms with van der Waals surface area (Å²) >= 11 is 0. The molecule has 0 radical (unpaired) electrons. The fraction of sp³-hybridized carbons (Fsp3) is 0.294.